The van der Waals surface area contributed by atoms with Gasteiger partial charge in [0.05, 0.1) is 5.69 Å². The van der Waals surface area contributed by atoms with Crippen molar-refractivity contribution in [1.82, 2.24) is 0 Å². The van der Waals surface area contributed by atoms with Crippen molar-refractivity contribution in [2.45, 2.75) is 17.9 Å². The molecule has 1 N–H and O–H groups in total. The largest absolute Gasteiger partial charge is 0.378 e. The van der Waals surface area contributed by atoms with Crippen molar-refractivity contribution < 1.29 is 5.11 Å². The van der Waals surface area contributed by atoms with Crippen LogP contribution in [0.5, 0.6) is 0 Å². The van der Waals surface area contributed by atoms with Gasteiger partial charge in [-0.25, -0.2) is 0 Å². The lowest BCUT2D eigenvalue weighted by Gasteiger charge is -2.41. The number of allylic oxidation sites excluding steroid dienone is 3. The summed E-state index contributed by atoms with van der Waals surface area (Å²) >= 11 is 1.58. The molecule has 0 spiro atoms. The second-order valence-corrected chi connectivity index (χ2v) is 8.09. The molecule has 5 rings (SSSR count). The third kappa shape index (κ3) is 2.65. The van der Waals surface area contributed by atoms with Gasteiger partial charge in [-0.1, -0.05) is 42.5 Å². The standard InChI is InChI=1S/C25H19NOS/c27-25(19-10-3-4-11-19,23-14-7-17-28-23)24(18-8-1-2-9-18)21-15-16-26-22-13-6-5-12-20(21)22/h1-8,10,12-14,16-17,21,24,27H,15H2/t21-,24?,25?/m0/s1. The number of para-hydroxylation sites is 1. The first-order valence-electron chi connectivity index (χ1n) is 9.43. The zero-order chi connectivity index (χ0) is 19.0. The van der Waals surface area contributed by atoms with Crippen LogP contribution >= 0.6 is 11.3 Å². The average Bonchev–Trinajstić information content (AvgIpc) is 3.52. The normalized spacial score (nSPS) is 22.1. The first kappa shape index (κ1) is 17.2. The van der Waals surface area contributed by atoms with Crippen molar-refractivity contribution in [3.8, 4) is 0 Å². The van der Waals surface area contributed by atoms with Gasteiger partial charge in [0.25, 0.3) is 0 Å². The first-order chi connectivity index (χ1) is 13.8. The molecule has 3 aliphatic rings. The molecule has 2 aromatic rings. The van der Waals surface area contributed by atoms with Gasteiger partial charge >= 0.3 is 0 Å². The number of fused-ring (bicyclic) bond motifs is 1. The summed E-state index contributed by atoms with van der Waals surface area (Å²) in [4.78, 5) is 5.52. The van der Waals surface area contributed by atoms with E-state index in [9.17, 15) is 5.11 Å². The van der Waals surface area contributed by atoms with Crippen LogP contribution in [-0.2, 0) is 5.60 Å². The second kappa shape index (κ2) is 6.91. The molecule has 3 atom stereocenters. The van der Waals surface area contributed by atoms with Crippen LogP contribution in [0.4, 0.5) is 5.69 Å². The van der Waals surface area contributed by atoms with Crippen LogP contribution in [0.3, 0.4) is 0 Å². The molecule has 2 unspecified atom stereocenters. The summed E-state index contributed by atoms with van der Waals surface area (Å²) in [5, 5.41) is 14.4. The van der Waals surface area contributed by atoms with E-state index >= 15 is 0 Å². The minimum absolute atomic E-state index is 0.0859. The molecule has 2 aliphatic carbocycles. The number of rotatable bonds is 5. The number of benzene rings is 1. The highest BCUT2D eigenvalue weighted by Gasteiger charge is 2.48. The summed E-state index contributed by atoms with van der Waals surface area (Å²) in [6.07, 6.45) is 14.5. The Hall–Kier alpha value is -2.93. The van der Waals surface area contributed by atoms with Crippen molar-refractivity contribution in [1.29, 1.82) is 0 Å². The van der Waals surface area contributed by atoms with Gasteiger partial charge in [-0.2, -0.15) is 0 Å². The van der Waals surface area contributed by atoms with Gasteiger partial charge < -0.3 is 5.11 Å². The summed E-state index contributed by atoms with van der Waals surface area (Å²) in [7, 11) is 0. The van der Waals surface area contributed by atoms with Gasteiger partial charge in [-0.15, -0.1) is 22.8 Å². The molecular formula is C25H19NOS. The molecule has 1 aromatic carbocycles. The lowest BCUT2D eigenvalue weighted by molar-refractivity contribution is 0.0253. The summed E-state index contributed by atoms with van der Waals surface area (Å²) in [5.41, 5.74) is 9.44. The molecular weight excluding hydrogens is 362 g/mol. The maximum Gasteiger partial charge on any atom is 0.139 e. The van der Waals surface area contributed by atoms with Crippen LogP contribution in [0.2, 0.25) is 0 Å². The SMILES string of the molecule is OC(C1=C=CC=C1)(c1cccs1)C(C1=C=CC=C1)[C@H]1CC=Nc2ccccc21. The van der Waals surface area contributed by atoms with Crippen LogP contribution in [0, 0.1) is 5.92 Å². The number of nitrogens with zero attached hydrogens (tertiary/aromatic N) is 1. The van der Waals surface area contributed by atoms with E-state index in [1.54, 1.807) is 11.3 Å². The van der Waals surface area contributed by atoms with Crippen LogP contribution < -0.4 is 0 Å². The lowest BCUT2D eigenvalue weighted by Crippen LogP contribution is -2.40. The van der Waals surface area contributed by atoms with Crippen LogP contribution in [0.1, 0.15) is 22.8 Å². The third-order valence-electron chi connectivity index (χ3n) is 5.64. The van der Waals surface area contributed by atoms with Crippen LogP contribution in [-0.4, -0.2) is 11.3 Å². The number of thiophene rings is 1. The van der Waals surface area contributed by atoms with Crippen molar-refractivity contribution in [2.24, 2.45) is 10.9 Å². The highest BCUT2D eigenvalue weighted by atomic mass is 32.1. The van der Waals surface area contributed by atoms with E-state index in [1.807, 2.05) is 66.2 Å². The minimum Gasteiger partial charge on any atom is -0.378 e. The Bertz CT molecular complexity index is 1130. The smallest absolute Gasteiger partial charge is 0.139 e. The molecule has 28 heavy (non-hydrogen) atoms. The molecule has 0 bridgehead atoms. The average molecular weight is 382 g/mol. The zero-order valence-electron chi connectivity index (χ0n) is 15.2. The maximum atomic E-state index is 12.4. The Balaban J connectivity index is 1.75. The highest BCUT2D eigenvalue weighted by Crippen LogP contribution is 2.52. The van der Waals surface area contributed by atoms with E-state index < -0.39 is 5.60 Å². The fraction of sp³-hybridized carbons (Fsp3) is 0.160. The Morgan fingerprint density at radius 2 is 1.93 bits per heavy atom. The molecule has 1 aromatic heterocycles. The van der Waals surface area contributed by atoms with E-state index in [4.69, 9.17) is 0 Å². The van der Waals surface area contributed by atoms with Crippen LogP contribution in [0.25, 0.3) is 0 Å². The van der Waals surface area contributed by atoms with Crippen molar-refractivity contribution in [3.63, 3.8) is 0 Å². The Labute approximate surface area is 168 Å². The fourth-order valence-electron chi connectivity index (χ4n) is 4.41. The summed E-state index contributed by atoms with van der Waals surface area (Å²) < 4.78 is 0. The van der Waals surface area contributed by atoms with E-state index in [0.29, 0.717) is 0 Å². The molecule has 0 fully saturated rings. The predicted molar refractivity (Wildman–Crippen MR) is 115 cm³/mol. The molecule has 1 aliphatic heterocycles. The molecule has 2 heterocycles. The number of hydrogen-bond donors (Lipinski definition) is 1. The topological polar surface area (TPSA) is 32.6 Å². The van der Waals surface area contributed by atoms with Crippen molar-refractivity contribution in [2.75, 3.05) is 0 Å². The Morgan fingerprint density at radius 3 is 2.68 bits per heavy atom. The van der Waals surface area contributed by atoms with Gasteiger partial charge in [0.1, 0.15) is 5.60 Å². The predicted octanol–water partition coefficient (Wildman–Crippen LogP) is 5.74. The van der Waals surface area contributed by atoms with Crippen molar-refractivity contribution >= 4 is 23.2 Å². The highest BCUT2D eigenvalue weighted by molar-refractivity contribution is 7.10. The number of aliphatic imine (C=N–C) groups is 1. The number of aliphatic hydroxyl groups is 1. The lowest BCUT2D eigenvalue weighted by atomic mass is 9.66. The fourth-order valence-corrected chi connectivity index (χ4v) is 5.29. The molecule has 3 heteroatoms. The maximum absolute atomic E-state index is 12.4. The summed E-state index contributed by atoms with van der Waals surface area (Å²) in [6.45, 7) is 0. The van der Waals surface area contributed by atoms with Crippen molar-refractivity contribution in [3.05, 3.63) is 111 Å². The molecule has 0 saturated heterocycles. The second-order valence-electron chi connectivity index (χ2n) is 7.14. The summed E-state index contributed by atoms with van der Waals surface area (Å²) in [5.74, 6) is -0.115. The van der Waals surface area contributed by atoms with E-state index in [0.717, 1.165) is 28.1 Å². The minimum atomic E-state index is -1.19. The van der Waals surface area contributed by atoms with Gasteiger partial charge in [0.2, 0.25) is 0 Å². The molecule has 2 nitrogen and oxygen atoms in total. The zero-order valence-corrected chi connectivity index (χ0v) is 16.1. The quantitative estimate of drug-likeness (QED) is 0.658. The molecule has 0 amide bonds. The monoisotopic (exact) mass is 381 g/mol. The van der Waals surface area contributed by atoms with E-state index in [2.05, 4.69) is 34.7 Å². The first-order valence-corrected chi connectivity index (χ1v) is 10.3. The van der Waals surface area contributed by atoms with E-state index in [-0.39, 0.29) is 11.8 Å². The molecule has 0 radical (unpaired) electrons. The Kier molecular flexibility index (Phi) is 4.24. The molecule has 0 saturated carbocycles. The van der Waals surface area contributed by atoms with Gasteiger partial charge in [0, 0.05) is 34.1 Å². The van der Waals surface area contributed by atoms with Gasteiger partial charge in [-0.3, -0.25) is 4.99 Å². The van der Waals surface area contributed by atoms with Gasteiger partial charge in [-0.05, 0) is 47.7 Å². The molecule has 136 valence electrons. The van der Waals surface area contributed by atoms with Gasteiger partial charge in [0.15, 0.2) is 0 Å². The number of hydrogen-bond acceptors (Lipinski definition) is 3. The van der Waals surface area contributed by atoms with E-state index in [1.165, 1.54) is 5.56 Å². The third-order valence-corrected chi connectivity index (χ3v) is 6.64. The Morgan fingerprint density at radius 1 is 1.07 bits per heavy atom. The van der Waals surface area contributed by atoms with Crippen LogP contribution in [0.15, 0.2) is 106 Å². The summed E-state index contributed by atoms with van der Waals surface area (Å²) in [6, 6.07) is 12.3.